The zero-order valence-corrected chi connectivity index (χ0v) is 12.8. The molecule has 0 fully saturated rings. The molecule has 1 N–H and O–H groups in total. The predicted octanol–water partition coefficient (Wildman–Crippen LogP) is -2.25. The van der Waals surface area contributed by atoms with E-state index in [0.717, 1.165) is 18.0 Å². The highest BCUT2D eigenvalue weighted by molar-refractivity contribution is 6.41. The third-order valence-electron chi connectivity index (χ3n) is 3.99. The minimum Gasteiger partial charge on any atom is -0.467 e. The van der Waals surface area contributed by atoms with E-state index in [1.807, 2.05) is 21.8 Å². The lowest BCUT2D eigenvalue weighted by atomic mass is 9.47. The summed E-state index contributed by atoms with van der Waals surface area (Å²) in [6.45, 7) is 5.33. The Bertz CT molecular complexity index is 479. The molecular formula is C12H21B4NO2. The van der Waals surface area contributed by atoms with E-state index in [9.17, 15) is 0 Å². The second-order valence-electron chi connectivity index (χ2n) is 6.27. The Morgan fingerprint density at radius 3 is 2.53 bits per heavy atom. The van der Waals surface area contributed by atoms with E-state index in [1.54, 1.807) is 0 Å². The van der Waals surface area contributed by atoms with Crippen molar-refractivity contribution < 1.29 is 9.47 Å². The largest absolute Gasteiger partial charge is 0.467 e. The van der Waals surface area contributed by atoms with Gasteiger partial charge in [-0.2, -0.15) is 0 Å². The Morgan fingerprint density at radius 1 is 1.26 bits per heavy atom. The van der Waals surface area contributed by atoms with Crippen molar-refractivity contribution in [3.8, 4) is 11.5 Å². The molecule has 1 aliphatic rings. The van der Waals surface area contributed by atoms with Crippen molar-refractivity contribution in [2.24, 2.45) is 0 Å². The number of rotatable bonds is 4. The summed E-state index contributed by atoms with van der Waals surface area (Å²) in [5, 5.41) is 3.54. The summed E-state index contributed by atoms with van der Waals surface area (Å²) < 4.78 is 11.6. The molecule has 1 aliphatic heterocycles. The van der Waals surface area contributed by atoms with Crippen LogP contribution in [0.2, 0.25) is 0 Å². The number of likely N-dealkylation sites (N-methyl/N-ethyl adjacent to an activating group) is 1. The van der Waals surface area contributed by atoms with Gasteiger partial charge in [0.15, 0.2) is 32.8 Å². The van der Waals surface area contributed by atoms with Crippen molar-refractivity contribution in [1.82, 2.24) is 5.32 Å². The molecular weight excluding hydrogens is 233 g/mol. The molecule has 19 heavy (non-hydrogen) atoms. The quantitative estimate of drug-likeness (QED) is 0.616. The third-order valence-corrected chi connectivity index (χ3v) is 3.99. The van der Waals surface area contributed by atoms with Gasteiger partial charge in [0.1, 0.15) is 15.7 Å². The van der Waals surface area contributed by atoms with E-state index < -0.39 is 5.59 Å². The van der Waals surface area contributed by atoms with E-state index in [-0.39, 0.29) is 5.21 Å². The zero-order chi connectivity index (χ0) is 14.3. The van der Waals surface area contributed by atoms with Crippen LogP contribution in [-0.4, -0.2) is 49.6 Å². The van der Waals surface area contributed by atoms with Gasteiger partial charge in [0.2, 0.25) is 0 Å². The molecule has 0 aromatic heterocycles. The first kappa shape index (κ1) is 14.4. The van der Waals surface area contributed by atoms with Gasteiger partial charge in [-0.25, -0.2) is 0 Å². The number of nitrogens with one attached hydrogen (secondary N) is 1. The van der Waals surface area contributed by atoms with E-state index in [0.29, 0.717) is 6.04 Å². The summed E-state index contributed by atoms with van der Waals surface area (Å²) in [7, 11) is 8.37. The van der Waals surface area contributed by atoms with Crippen LogP contribution in [0.3, 0.4) is 0 Å². The monoisotopic (exact) mass is 255 g/mol. The maximum atomic E-state index is 5.83. The molecule has 1 heterocycles. The van der Waals surface area contributed by atoms with Crippen molar-refractivity contribution in [1.29, 1.82) is 0 Å². The summed E-state index contributed by atoms with van der Waals surface area (Å²) in [6.07, 6.45) is 0. The van der Waals surface area contributed by atoms with Crippen LogP contribution in [0.25, 0.3) is 0 Å². The molecule has 0 radical (unpaired) electrons. The fourth-order valence-electron chi connectivity index (χ4n) is 2.43. The molecule has 98 valence electrons. The first-order valence-corrected chi connectivity index (χ1v) is 7.02. The molecule has 2 rings (SSSR count). The van der Waals surface area contributed by atoms with Gasteiger partial charge in [0.05, 0.1) is 0 Å². The zero-order valence-electron chi connectivity index (χ0n) is 12.8. The van der Waals surface area contributed by atoms with E-state index in [4.69, 9.17) is 9.47 Å². The van der Waals surface area contributed by atoms with Gasteiger partial charge in [0, 0.05) is 0 Å². The fraction of sp³-hybridized carbons (Fsp3) is 0.500. The van der Waals surface area contributed by atoms with Gasteiger partial charge in [-0.1, -0.05) is 25.5 Å². The molecule has 0 unspecified atom stereocenters. The van der Waals surface area contributed by atoms with Crippen LogP contribution in [0.15, 0.2) is 18.2 Å². The van der Waals surface area contributed by atoms with Crippen LogP contribution >= 0.6 is 0 Å². The number of hydrogen-bond donors (Lipinski definition) is 1. The summed E-state index contributed by atoms with van der Waals surface area (Å²) in [4.78, 5) is 0. The van der Waals surface area contributed by atoms with Crippen LogP contribution < -0.4 is 14.8 Å². The van der Waals surface area contributed by atoms with Gasteiger partial charge >= 0.3 is 0 Å². The first-order chi connectivity index (χ1) is 8.76. The Kier molecular flexibility index (Phi) is 3.69. The lowest BCUT2D eigenvalue weighted by Gasteiger charge is -2.33. The van der Waals surface area contributed by atoms with Crippen molar-refractivity contribution in [3.63, 3.8) is 0 Å². The van der Waals surface area contributed by atoms with E-state index >= 15 is 0 Å². The molecule has 0 aliphatic carbocycles. The first-order valence-electron chi connectivity index (χ1n) is 7.02. The molecule has 0 bridgehead atoms. The molecule has 0 saturated heterocycles. The minimum absolute atomic E-state index is 0.0428. The third kappa shape index (κ3) is 2.81. The molecule has 1 aromatic rings. The van der Waals surface area contributed by atoms with Gasteiger partial charge < -0.3 is 14.8 Å². The molecule has 1 atom stereocenters. The Balaban J connectivity index is 2.29. The lowest BCUT2D eigenvalue weighted by Crippen LogP contribution is -2.47. The van der Waals surface area contributed by atoms with Gasteiger partial charge in [-0.3, -0.25) is 0 Å². The molecule has 0 amide bonds. The van der Waals surface area contributed by atoms with E-state index in [2.05, 4.69) is 47.0 Å². The molecule has 3 nitrogen and oxygen atoms in total. The predicted molar refractivity (Wildman–Crippen MR) is 89.4 cm³/mol. The van der Waals surface area contributed by atoms with Crippen molar-refractivity contribution in [2.45, 2.75) is 30.7 Å². The van der Waals surface area contributed by atoms with Gasteiger partial charge in [-0.05, 0) is 29.9 Å². The lowest BCUT2D eigenvalue weighted by molar-refractivity contribution is 0.0833. The maximum absolute atomic E-state index is 5.83. The topological polar surface area (TPSA) is 30.5 Å². The number of fused-ring (bicyclic) bond motifs is 1. The Hall–Kier alpha value is -0.960. The number of benzene rings is 1. The van der Waals surface area contributed by atoms with Crippen molar-refractivity contribution in [3.05, 3.63) is 23.8 Å². The molecule has 0 saturated carbocycles. The van der Waals surface area contributed by atoms with Crippen LogP contribution in [0, 0.1) is 0 Å². The summed E-state index contributed by atoms with van der Waals surface area (Å²) in [6, 6.07) is 6.65. The van der Waals surface area contributed by atoms with Crippen LogP contribution in [0.5, 0.6) is 11.5 Å². The highest BCUT2D eigenvalue weighted by atomic mass is 16.7. The number of hydrogen-bond acceptors (Lipinski definition) is 3. The highest BCUT2D eigenvalue weighted by Gasteiger charge is 2.34. The standard InChI is InChI=1S/C12H21B4NO2/c1-3-17-7(2)11(13,14)8-4-5-9-10(6-8)19-12(15,16)18-9/h4-7,17H,3,13-16H2,1-2H3/t7-/m1/s1. The van der Waals surface area contributed by atoms with Crippen LogP contribution in [0.4, 0.5) is 0 Å². The number of ether oxygens (including phenoxy) is 2. The Labute approximate surface area is 119 Å². The smallest absolute Gasteiger partial charge is 0.197 e. The van der Waals surface area contributed by atoms with Crippen LogP contribution in [-0.2, 0) is 5.21 Å². The SMILES string of the molecule is BC1(B)Oc2ccc(C(B)(B)[C@@H](C)NCC)cc2O1. The highest BCUT2D eigenvalue weighted by Crippen LogP contribution is 2.39. The second-order valence-corrected chi connectivity index (χ2v) is 6.27. The average molecular weight is 255 g/mol. The fourth-order valence-corrected chi connectivity index (χ4v) is 2.43. The van der Waals surface area contributed by atoms with Gasteiger partial charge in [0.25, 0.3) is 0 Å². The Morgan fingerprint density at radius 2 is 1.89 bits per heavy atom. The van der Waals surface area contributed by atoms with Crippen molar-refractivity contribution >= 4 is 31.4 Å². The van der Waals surface area contributed by atoms with E-state index in [1.165, 1.54) is 5.56 Å². The maximum Gasteiger partial charge on any atom is 0.197 e. The summed E-state index contributed by atoms with van der Waals surface area (Å²) in [5.41, 5.74) is 0.708. The normalized spacial score (nSPS) is 18.2. The van der Waals surface area contributed by atoms with Gasteiger partial charge in [-0.15, -0.1) is 0 Å². The van der Waals surface area contributed by atoms with Crippen molar-refractivity contribution in [2.75, 3.05) is 6.54 Å². The minimum atomic E-state index is -0.557. The summed E-state index contributed by atoms with van der Waals surface area (Å²) in [5.74, 6) is 1.68. The average Bonchev–Trinajstić information content (AvgIpc) is 2.61. The summed E-state index contributed by atoms with van der Waals surface area (Å²) >= 11 is 0. The molecule has 0 spiro atoms. The molecule has 1 aromatic carbocycles. The second kappa shape index (κ2) is 4.86. The van der Waals surface area contributed by atoms with Crippen LogP contribution in [0.1, 0.15) is 19.4 Å². The molecule has 7 heteroatoms.